The van der Waals surface area contributed by atoms with Crippen molar-refractivity contribution in [1.29, 1.82) is 0 Å². The minimum absolute atomic E-state index is 0.0503. The van der Waals surface area contributed by atoms with Crippen LogP contribution in [0.3, 0.4) is 0 Å². The first-order valence-corrected chi connectivity index (χ1v) is 16.6. The summed E-state index contributed by atoms with van der Waals surface area (Å²) in [5.74, 6) is -3.59. The van der Waals surface area contributed by atoms with Crippen molar-refractivity contribution in [2.75, 3.05) is 38.6 Å². The van der Waals surface area contributed by atoms with Gasteiger partial charge in [0.2, 0.25) is 5.82 Å². The molecule has 0 radical (unpaired) electrons. The van der Waals surface area contributed by atoms with Gasteiger partial charge in [-0.05, 0) is 51.1 Å². The largest absolute Gasteiger partial charge is 0.494 e. The van der Waals surface area contributed by atoms with E-state index in [0.717, 1.165) is 0 Å². The Labute approximate surface area is 297 Å². The Balaban J connectivity index is 0.994. The predicted octanol–water partition coefficient (Wildman–Crippen LogP) is 3.63. The van der Waals surface area contributed by atoms with Gasteiger partial charge < -0.3 is 44.9 Å². The molecule has 1 unspecified atom stereocenters. The normalized spacial score (nSPS) is 22.3. The second-order valence-electron chi connectivity index (χ2n) is 13.9. The van der Waals surface area contributed by atoms with Crippen LogP contribution in [0.4, 0.5) is 24.1 Å². The number of ether oxygens (including phenoxy) is 2. The van der Waals surface area contributed by atoms with Gasteiger partial charge in [0, 0.05) is 55.8 Å². The molecule has 5 amide bonds. The van der Waals surface area contributed by atoms with Gasteiger partial charge in [-0.15, -0.1) is 0 Å². The number of hydrogen-bond donors (Lipinski definition) is 4. The number of imidazole rings is 1. The second kappa shape index (κ2) is 13.6. The molecule has 4 N–H and O–H groups in total. The molecule has 5 atom stereocenters. The number of rotatable bonds is 7. The predicted molar refractivity (Wildman–Crippen MR) is 180 cm³/mol. The minimum atomic E-state index is -1.16. The summed E-state index contributed by atoms with van der Waals surface area (Å²) >= 11 is 6.43. The molecule has 3 aliphatic rings. The van der Waals surface area contributed by atoms with Crippen molar-refractivity contribution in [3.63, 3.8) is 0 Å². The first-order chi connectivity index (χ1) is 24.1. The molecule has 6 rings (SSSR count). The zero-order chi connectivity index (χ0) is 36.9. The van der Waals surface area contributed by atoms with Crippen molar-refractivity contribution in [3.8, 4) is 17.0 Å². The van der Waals surface area contributed by atoms with Gasteiger partial charge in [-0.2, -0.15) is 4.39 Å². The molecule has 0 spiro atoms. The fourth-order valence-electron chi connectivity index (χ4n) is 6.51. The summed E-state index contributed by atoms with van der Waals surface area (Å²) in [6.45, 7) is 6.25. The highest BCUT2D eigenvalue weighted by atomic mass is 35.5. The first kappa shape index (κ1) is 35.9. The van der Waals surface area contributed by atoms with Crippen LogP contribution in [0.15, 0.2) is 36.5 Å². The Morgan fingerprint density at radius 1 is 0.961 bits per heavy atom. The number of amides is 5. The fourth-order valence-corrected chi connectivity index (χ4v) is 6.78. The average molecular weight is 730 g/mol. The van der Waals surface area contributed by atoms with Crippen molar-refractivity contribution < 1.29 is 42.5 Å². The third-order valence-electron chi connectivity index (χ3n) is 9.23. The number of piperidine rings is 1. The lowest BCUT2D eigenvalue weighted by atomic mass is 10.1. The molecule has 2 aromatic carbocycles. The summed E-state index contributed by atoms with van der Waals surface area (Å²) in [4.78, 5) is 58.5. The van der Waals surface area contributed by atoms with Crippen LogP contribution >= 0.6 is 11.6 Å². The van der Waals surface area contributed by atoms with Gasteiger partial charge in [-0.3, -0.25) is 9.59 Å². The standard InChI is InChI=1S/C34H38ClF2N7O7/c1-34(2,3)51-33(49)44-14-22(24(45)15-44)40-32(48)43-12-19-20(13-43)28(19)41-30(46)17-7-6-16(10-21(17)35)39-31(47)29-38-11-23(42(29)4)18-8-9-25(50-5)27(37)26(18)36/h6-11,19-20,22,24,28,45H,12-15H2,1-5H3,(H,39,47)(H,40,48)(H,41,46)/t19-,20+,22-,24-,28?/m1/s1. The topological polar surface area (TPSA) is 167 Å². The summed E-state index contributed by atoms with van der Waals surface area (Å²) in [5, 5.41) is 19.0. The van der Waals surface area contributed by atoms with E-state index in [1.807, 2.05) is 0 Å². The number of aromatic nitrogens is 2. The highest BCUT2D eigenvalue weighted by molar-refractivity contribution is 6.34. The number of nitrogens with zero attached hydrogens (tertiary/aromatic N) is 4. The lowest BCUT2D eigenvalue weighted by Gasteiger charge is -2.25. The Bertz CT molecular complexity index is 1890. The van der Waals surface area contributed by atoms with E-state index in [4.69, 9.17) is 21.1 Å². The number of carbonyl (C=O) groups is 4. The van der Waals surface area contributed by atoms with Gasteiger partial charge in [-0.1, -0.05) is 11.6 Å². The Morgan fingerprint density at radius 2 is 1.67 bits per heavy atom. The van der Waals surface area contributed by atoms with E-state index in [1.165, 1.54) is 60.2 Å². The summed E-state index contributed by atoms with van der Waals surface area (Å²) in [5.41, 5.74) is -0.153. The maximum absolute atomic E-state index is 14.7. The zero-order valence-electron chi connectivity index (χ0n) is 28.5. The molecule has 51 heavy (non-hydrogen) atoms. The van der Waals surface area contributed by atoms with Crippen molar-refractivity contribution in [2.24, 2.45) is 18.9 Å². The maximum Gasteiger partial charge on any atom is 0.410 e. The number of β-amino-alcohol motifs (C(OH)–C–C–N with tert-alkyl or cyclic N) is 1. The molecule has 14 nitrogen and oxygen atoms in total. The van der Waals surface area contributed by atoms with Crippen LogP contribution in [0.25, 0.3) is 11.3 Å². The van der Waals surface area contributed by atoms with Crippen molar-refractivity contribution in [2.45, 2.75) is 44.6 Å². The molecule has 3 aromatic rings. The first-order valence-electron chi connectivity index (χ1n) is 16.2. The summed E-state index contributed by atoms with van der Waals surface area (Å²) < 4.78 is 40.5. The number of benzene rings is 2. The van der Waals surface area contributed by atoms with E-state index in [0.29, 0.717) is 13.1 Å². The van der Waals surface area contributed by atoms with Crippen molar-refractivity contribution >= 4 is 41.2 Å². The lowest BCUT2D eigenvalue weighted by Crippen LogP contribution is -2.50. The van der Waals surface area contributed by atoms with E-state index >= 15 is 0 Å². The van der Waals surface area contributed by atoms with E-state index in [1.54, 1.807) is 25.7 Å². The molecule has 0 bridgehead atoms. The van der Waals surface area contributed by atoms with Crippen LogP contribution in [0.2, 0.25) is 5.02 Å². The zero-order valence-corrected chi connectivity index (χ0v) is 29.3. The van der Waals surface area contributed by atoms with Gasteiger partial charge in [0.25, 0.3) is 11.8 Å². The molecular weight excluding hydrogens is 692 g/mol. The number of nitrogens with one attached hydrogen (secondary N) is 3. The Kier molecular flexibility index (Phi) is 9.59. The van der Waals surface area contributed by atoms with Crippen LogP contribution in [0.5, 0.6) is 5.75 Å². The number of aliphatic hydroxyl groups excluding tert-OH is 1. The van der Waals surface area contributed by atoms with E-state index in [9.17, 15) is 33.1 Å². The highest BCUT2D eigenvalue weighted by Crippen LogP contribution is 2.45. The highest BCUT2D eigenvalue weighted by Gasteiger charge is 2.57. The van der Waals surface area contributed by atoms with E-state index < -0.39 is 47.3 Å². The Hall–Kier alpha value is -4.96. The smallest absolute Gasteiger partial charge is 0.410 e. The number of halogens is 3. The number of carbonyl (C=O) groups excluding carboxylic acids is 4. The monoisotopic (exact) mass is 729 g/mol. The third-order valence-corrected chi connectivity index (χ3v) is 9.55. The number of anilines is 1. The molecular formula is C34H38ClF2N7O7. The van der Waals surface area contributed by atoms with Crippen LogP contribution in [-0.4, -0.2) is 105 Å². The summed E-state index contributed by atoms with van der Waals surface area (Å²) in [7, 11) is 2.71. The number of likely N-dealkylation sites (tertiary alicyclic amines) is 2. The van der Waals surface area contributed by atoms with Crippen LogP contribution < -0.4 is 20.7 Å². The van der Waals surface area contributed by atoms with Crippen LogP contribution in [-0.2, 0) is 11.8 Å². The average Bonchev–Trinajstić information content (AvgIpc) is 3.43. The number of hydrogen-bond acceptors (Lipinski definition) is 8. The van der Waals surface area contributed by atoms with Crippen molar-refractivity contribution in [1.82, 2.24) is 30.0 Å². The molecule has 3 fully saturated rings. The fraction of sp³-hybridized carbons (Fsp3) is 0.441. The quantitative estimate of drug-likeness (QED) is 0.286. The minimum Gasteiger partial charge on any atom is -0.494 e. The molecule has 1 aliphatic carbocycles. The molecule has 1 aromatic heterocycles. The van der Waals surface area contributed by atoms with Gasteiger partial charge in [0.1, 0.15) is 5.60 Å². The maximum atomic E-state index is 14.7. The SMILES string of the molecule is COc1ccc(-c2cnc(C(=O)Nc3ccc(C(=O)NC4[C@H]5CN(C(=O)N[C@@H]6CN(C(=O)OC(C)(C)C)C[C@H]6O)C[C@@H]45)c(Cl)c3)n2C)c(F)c1F. The molecule has 2 saturated heterocycles. The van der Waals surface area contributed by atoms with E-state index in [-0.39, 0.29) is 76.1 Å². The van der Waals surface area contributed by atoms with Gasteiger partial charge in [0.05, 0.1) is 48.3 Å². The summed E-state index contributed by atoms with van der Waals surface area (Å²) in [6, 6.07) is 5.84. The van der Waals surface area contributed by atoms with Gasteiger partial charge in [0.15, 0.2) is 17.4 Å². The van der Waals surface area contributed by atoms with E-state index in [2.05, 4.69) is 20.9 Å². The Morgan fingerprint density at radius 3 is 2.31 bits per heavy atom. The summed E-state index contributed by atoms with van der Waals surface area (Å²) in [6.07, 6.45) is -0.234. The van der Waals surface area contributed by atoms with Crippen LogP contribution in [0, 0.1) is 23.5 Å². The number of aliphatic hydroxyl groups is 1. The van der Waals surface area contributed by atoms with Crippen LogP contribution in [0.1, 0.15) is 41.7 Å². The molecule has 1 saturated carbocycles. The molecule has 2 aliphatic heterocycles. The molecule has 3 heterocycles. The second-order valence-corrected chi connectivity index (χ2v) is 14.3. The molecule has 272 valence electrons. The lowest BCUT2D eigenvalue weighted by molar-refractivity contribution is 0.0269. The molecule has 17 heteroatoms. The number of urea groups is 1. The third kappa shape index (κ3) is 7.28. The number of methoxy groups -OCH3 is 1. The number of fused-ring (bicyclic) bond motifs is 1. The van der Waals surface area contributed by atoms with Crippen molar-refractivity contribution in [3.05, 3.63) is 64.6 Å². The van der Waals surface area contributed by atoms with Gasteiger partial charge in [-0.25, -0.2) is 19.0 Å². The van der Waals surface area contributed by atoms with Gasteiger partial charge >= 0.3 is 12.1 Å².